The zero-order valence-corrected chi connectivity index (χ0v) is 9.97. The van der Waals surface area contributed by atoms with E-state index in [0.29, 0.717) is 0 Å². The number of hydrogen-bond donors (Lipinski definition) is 1. The van der Waals surface area contributed by atoms with Gasteiger partial charge in [-0.15, -0.1) is 5.92 Å². The topological polar surface area (TPSA) is 20.2 Å². The molecule has 0 amide bonds. The second kappa shape index (κ2) is 13.3. The second-order valence-electron chi connectivity index (χ2n) is 3.72. The van der Waals surface area contributed by atoms with Crippen LogP contribution in [0.4, 0.5) is 0 Å². The van der Waals surface area contributed by atoms with Gasteiger partial charge in [0.2, 0.25) is 0 Å². The average molecular weight is 208 g/mol. The van der Waals surface area contributed by atoms with Crippen LogP contribution in [-0.4, -0.2) is 11.7 Å². The number of aliphatic hydroxyl groups excluding tert-OH is 1. The van der Waals surface area contributed by atoms with E-state index >= 15 is 0 Å². The lowest BCUT2D eigenvalue weighted by Crippen LogP contribution is -1.76. The third kappa shape index (κ3) is 13.3. The highest BCUT2D eigenvalue weighted by molar-refractivity contribution is 4.98. The molecule has 0 aliphatic heterocycles. The molecule has 0 saturated heterocycles. The van der Waals surface area contributed by atoms with E-state index in [1.807, 2.05) is 0 Å². The first kappa shape index (κ1) is 14.3. The monoisotopic (exact) mass is 208 g/mol. The molecular formula is C14H24O. The molecule has 0 atom stereocenters. The molecule has 1 N–H and O–H groups in total. The number of hydrogen-bond acceptors (Lipinski definition) is 1. The fourth-order valence-electron chi connectivity index (χ4n) is 1.37. The van der Waals surface area contributed by atoms with Crippen LogP contribution in [0.2, 0.25) is 0 Å². The molecular weight excluding hydrogens is 184 g/mol. The third-order valence-corrected chi connectivity index (χ3v) is 2.27. The van der Waals surface area contributed by atoms with Crippen molar-refractivity contribution < 1.29 is 5.11 Å². The van der Waals surface area contributed by atoms with E-state index in [1.54, 1.807) is 0 Å². The minimum atomic E-state index is -0.00265. The van der Waals surface area contributed by atoms with Crippen LogP contribution in [0.5, 0.6) is 0 Å². The van der Waals surface area contributed by atoms with Gasteiger partial charge < -0.3 is 5.11 Å². The zero-order valence-electron chi connectivity index (χ0n) is 9.97. The number of unbranched alkanes of at least 4 members (excludes halogenated alkanes) is 6. The van der Waals surface area contributed by atoms with Crippen molar-refractivity contribution in [2.75, 3.05) is 6.61 Å². The molecule has 0 aromatic rings. The van der Waals surface area contributed by atoms with Gasteiger partial charge in [-0.25, -0.2) is 0 Å². The van der Waals surface area contributed by atoms with Gasteiger partial charge in [0.1, 0.15) is 6.61 Å². The summed E-state index contributed by atoms with van der Waals surface area (Å²) in [7, 11) is 0. The predicted molar refractivity (Wildman–Crippen MR) is 66.6 cm³/mol. The van der Waals surface area contributed by atoms with Gasteiger partial charge in [-0.2, -0.15) is 0 Å². The van der Waals surface area contributed by atoms with Gasteiger partial charge in [0, 0.05) is 6.42 Å². The highest BCUT2D eigenvalue weighted by Gasteiger charge is 1.84. The molecule has 0 aliphatic rings. The first-order valence-corrected chi connectivity index (χ1v) is 6.13. The quantitative estimate of drug-likeness (QED) is 0.366. The number of aliphatic hydroxyl groups is 1. The van der Waals surface area contributed by atoms with Gasteiger partial charge in [0.05, 0.1) is 0 Å². The van der Waals surface area contributed by atoms with Crippen LogP contribution in [-0.2, 0) is 0 Å². The standard InChI is InChI=1S/C14H24O/c1-2-3-4-5-6-7-8-9-10-11-12-13-14-15/h6-7,15H,2-5,8-11,14H2,1H3. The van der Waals surface area contributed by atoms with Crippen molar-refractivity contribution in [1.82, 2.24) is 0 Å². The molecule has 0 bridgehead atoms. The molecule has 0 aliphatic carbocycles. The van der Waals surface area contributed by atoms with Gasteiger partial charge in [-0.1, -0.05) is 37.8 Å². The van der Waals surface area contributed by atoms with Crippen LogP contribution in [0.1, 0.15) is 58.3 Å². The van der Waals surface area contributed by atoms with Crippen molar-refractivity contribution in [3.63, 3.8) is 0 Å². The molecule has 15 heavy (non-hydrogen) atoms. The summed E-state index contributed by atoms with van der Waals surface area (Å²) in [6.07, 6.45) is 14.3. The summed E-state index contributed by atoms with van der Waals surface area (Å²) in [5.41, 5.74) is 0. The van der Waals surface area contributed by atoms with Crippen molar-refractivity contribution in [1.29, 1.82) is 0 Å². The maximum atomic E-state index is 8.42. The Hall–Kier alpha value is -0.740. The van der Waals surface area contributed by atoms with Crippen molar-refractivity contribution in [2.24, 2.45) is 0 Å². The van der Waals surface area contributed by atoms with Crippen molar-refractivity contribution >= 4 is 0 Å². The maximum absolute atomic E-state index is 8.42. The second-order valence-corrected chi connectivity index (χ2v) is 3.72. The summed E-state index contributed by atoms with van der Waals surface area (Å²) in [5.74, 6) is 5.59. The summed E-state index contributed by atoms with van der Waals surface area (Å²) < 4.78 is 0. The Morgan fingerprint density at radius 3 is 2.20 bits per heavy atom. The molecule has 0 aromatic heterocycles. The number of allylic oxidation sites excluding steroid dienone is 2. The van der Waals surface area contributed by atoms with Crippen molar-refractivity contribution in [2.45, 2.75) is 58.3 Å². The maximum Gasteiger partial charge on any atom is 0.104 e. The smallest absolute Gasteiger partial charge is 0.104 e. The number of rotatable bonds is 8. The Kier molecular flexibility index (Phi) is 12.6. The molecule has 0 aromatic carbocycles. The lowest BCUT2D eigenvalue weighted by atomic mass is 10.1. The molecule has 0 heterocycles. The normalized spacial score (nSPS) is 10.3. The predicted octanol–water partition coefficient (Wildman–Crippen LogP) is 3.68. The minimum Gasteiger partial charge on any atom is -0.384 e. The largest absolute Gasteiger partial charge is 0.384 e. The van der Waals surface area contributed by atoms with Gasteiger partial charge in [0.15, 0.2) is 0 Å². The molecule has 0 unspecified atom stereocenters. The molecule has 0 rings (SSSR count). The minimum absolute atomic E-state index is 0.00265. The molecule has 0 fully saturated rings. The zero-order chi connectivity index (χ0) is 11.2. The fourth-order valence-corrected chi connectivity index (χ4v) is 1.37. The summed E-state index contributed by atoms with van der Waals surface area (Å²) in [4.78, 5) is 0. The van der Waals surface area contributed by atoms with Crippen molar-refractivity contribution in [3.8, 4) is 11.8 Å². The van der Waals surface area contributed by atoms with Crippen LogP contribution < -0.4 is 0 Å². The van der Waals surface area contributed by atoms with E-state index in [4.69, 9.17) is 5.11 Å². The molecule has 1 nitrogen and oxygen atoms in total. The molecule has 0 radical (unpaired) electrons. The van der Waals surface area contributed by atoms with E-state index in [0.717, 1.165) is 12.8 Å². The molecule has 1 heteroatoms. The van der Waals surface area contributed by atoms with E-state index in [1.165, 1.54) is 38.5 Å². The Labute approximate surface area is 94.6 Å². The van der Waals surface area contributed by atoms with Crippen LogP contribution >= 0.6 is 0 Å². The molecule has 0 saturated carbocycles. The summed E-state index contributed by atoms with van der Waals surface area (Å²) in [6, 6.07) is 0. The van der Waals surface area contributed by atoms with Gasteiger partial charge in [-0.3, -0.25) is 0 Å². The highest BCUT2D eigenvalue weighted by atomic mass is 16.2. The molecule has 0 spiro atoms. The van der Waals surface area contributed by atoms with Crippen LogP contribution in [0.3, 0.4) is 0 Å². The first-order valence-electron chi connectivity index (χ1n) is 6.13. The van der Waals surface area contributed by atoms with E-state index in [9.17, 15) is 0 Å². The van der Waals surface area contributed by atoms with Gasteiger partial charge in [0.25, 0.3) is 0 Å². The lowest BCUT2D eigenvalue weighted by molar-refractivity contribution is 0.350. The Bertz CT molecular complexity index is 195. The highest BCUT2D eigenvalue weighted by Crippen LogP contribution is 2.03. The van der Waals surface area contributed by atoms with Crippen LogP contribution in [0.15, 0.2) is 12.2 Å². The Morgan fingerprint density at radius 1 is 0.933 bits per heavy atom. The van der Waals surface area contributed by atoms with Crippen LogP contribution in [0, 0.1) is 11.8 Å². The van der Waals surface area contributed by atoms with Crippen LogP contribution in [0.25, 0.3) is 0 Å². The average Bonchev–Trinajstić information content (AvgIpc) is 2.26. The summed E-state index contributed by atoms with van der Waals surface area (Å²) in [5, 5.41) is 8.42. The summed E-state index contributed by atoms with van der Waals surface area (Å²) >= 11 is 0. The Balaban J connectivity index is 3.09. The molecule has 86 valence electrons. The summed E-state index contributed by atoms with van der Waals surface area (Å²) in [6.45, 7) is 2.23. The van der Waals surface area contributed by atoms with E-state index < -0.39 is 0 Å². The third-order valence-electron chi connectivity index (χ3n) is 2.27. The van der Waals surface area contributed by atoms with Gasteiger partial charge >= 0.3 is 0 Å². The lowest BCUT2D eigenvalue weighted by Gasteiger charge is -1.93. The Morgan fingerprint density at radius 2 is 1.60 bits per heavy atom. The van der Waals surface area contributed by atoms with Crippen molar-refractivity contribution in [3.05, 3.63) is 12.2 Å². The SMILES string of the molecule is CCCCCC=CCCCCC#CCO. The van der Waals surface area contributed by atoms with E-state index in [2.05, 4.69) is 30.9 Å². The van der Waals surface area contributed by atoms with Gasteiger partial charge in [-0.05, 0) is 32.1 Å². The van der Waals surface area contributed by atoms with E-state index in [-0.39, 0.29) is 6.61 Å². The first-order chi connectivity index (χ1) is 7.41. The fraction of sp³-hybridized carbons (Fsp3) is 0.714.